The highest BCUT2D eigenvalue weighted by molar-refractivity contribution is 14.1. The van der Waals surface area contributed by atoms with Crippen molar-refractivity contribution in [1.82, 2.24) is 5.32 Å². The van der Waals surface area contributed by atoms with E-state index >= 15 is 0 Å². The highest BCUT2D eigenvalue weighted by Crippen LogP contribution is 2.26. The quantitative estimate of drug-likeness (QED) is 0.365. The van der Waals surface area contributed by atoms with Crippen LogP contribution in [-0.4, -0.2) is 35.1 Å². The summed E-state index contributed by atoms with van der Waals surface area (Å²) in [5.74, 6) is 0.675. The lowest BCUT2D eigenvalue weighted by molar-refractivity contribution is 0.0594. The first-order chi connectivity index (χ1) is 14.1. The molecule has 1 heterocycles. The van der Waals surface area contributed by atoms with E-state index in [2.05, 4.69) is 27.9 Å². The van der Waals surface area contributed by atoms with E-state index in [1.807, 2.05) is 30.3 Å². The fraction of sp³-hybridized carbons (Fsp3) is 0.391. The minimum Gasteiger partial charge on any atom is -0.477 e. The average molecular weight is 505 g/mol. The second-order valence-electron chi connectivity index (χ2n) is 7.60. The molecule has 6 heteroatoms. The highest BCUT2D eigenvalue weighted by atomic mass is 127. The standard InChI is InChI=1S/C23H24INO4/c24-22(21-2-1-11-28-21)29-20-9-6-16(7-10-20)23(27)25-19-8-5-17-12-15(14-26)3-4-18(17)13-19/h3-4,6-7,9-10,12,14,19,21-22H,1-2,5,8,11,13H2,(H,25,27)/t19?,21?,22-/m1/s1. The largest absolute Gasteiger partial charge is 0.477 e. The van der Waals surface area contributed by atoms with Gasteiger partial charge in [-0.2, -0.15) is 0 Å². The zero-order valence-electron chi connectivity index (χ0n) is 16.1. The molecule has 0 aromatic heterocycles. The number of carbonyl (C=O) groups is 2. The third kappa shape index (κ3) is 4.98. The van der Waals surface area contributed by atoms with Gasteiger partial charge in [-0.1, -0.05) is 12.1 Å². The molecule has 1 aliphatic heterocycles. The molecule has 1 fully saturated rings. The summed E-state index contributed by atoms with van der Waals surface area (Å²) >= 11 is 2.26. The first-order valence-electron chi connectivity index (χ1n) is 10.0. The van der Waals surface area contributed by atoms with Crippen molar-refractivity contribution in [3.05, 3.63) is 64.7 Å². The van der Waals surface area contributed by atoms with E-state index in [1.54, 1.807) is 12.1 Å². The number of aldehydes is 1. The average Bonchev–Trinajstić information content (AvgIpc) is 3.29. The lowest BCUT2D eigenvalue weighted by Gasteiger charge is -2.26. The summed E-state index contributed by atoms with van der Waals surface area (Å²) in [6, 6.07) is 13.2. The second-order valence-corrected chi connectivity index (χ2v) is 8.83. The smallest absolute Gasteiger partial charge is 0.251 e. The molecule has 2 aromatic carbocycles. The molecule has 0 spiro atoms. The molecule has 0 bridgehead atoms. The zero-order valence-corrected chi connectivity index (χ0v) is 18.3. The van der Waals surface area contributed by atoms with Crippen LogP contribution in [0.5, 0.6) is 5.75 Å². The van der Waals surface area contributed by atoms with Gasteiger partial charge in [-0.25, -0.2) is 0 Å². The Bertz CT molecular complexity index is 877. The molecule has 1 amide bonds. The van der Waals surface area contributed by atoms with E-state index in [1.165, 1.54) is 11.1 Å². The number of nitrogens with one attached hydrogen (secondary N) is 1. The number of hydrogen-bond acceptors (Lipinski definition) is 4. The van der Waals surface area contributed by atoms with Crippen LogP contribution in [0.4, 0.5) is 0 Å². The Labute approximate surface area is 184 Å². The Balaban J connectivity index is 1.33. The van der Waals surface area contributed by atoms with E-state index in [4.69, 9.17) is 9.47 Å². The van der Waals surface area contributed by atoms with Crippen molar-refractivity contribution in [2.75, 3.05) is 6.61 Å². The number of aryl methyl sites for hydroxylation is 1. The summed E-state index contributed by atoms with van der Waals surface area (Å²) in [7, 11) is 0. The third-order valence-electron chi connectivity index (χ3n) is 5.55. The molecular weight excluding hydrogens is 481 g/mol. The molecular formula is C23H24INO4. The normalized spacial score (nSPS) is 21.8. The van der Waals surface area contributed by atoms with Gasteiger partial charge in [0.15, 0.2) is 4.11 Å². The third-order valence-corrected chi connectivity index (χ3v) is 6.61. The molecule has 0 radical (unpaired) electrons. The lowest BCUT2D eigenvalue weighted by Crippen LogP contribution is -2.38. The minimum absolute atomic E-state index is 0.0307. The lowest BCUT2D eigenvalue weighted by atomic mass is 9.87. The van der Waals surface area contributed by atoms with E-state index in [9.17, 15) is 9.59 Å². The van der Waals surface area contributed by atoms with Crippen molar-refractivity contribution < 1.29 is 19.1 Å². The molecule has 4 rings (SSSR count). The molecule has 1 aliphatic carbocycles. The number of halogens is 1. The van der Waals surface area contributed by atoms with Gasteiger partial charge < -0.3 is 14.8 Å². The van der Waals surface area contributed by atoms with Gasteiger partial charge in [-0.15, -0.1) is 0 Å². The van der Waals surface area contributed by atoms with Gasteiger partial charge in [-0.3, -0.25) is 9.59 Å². The van der Waals surface area contributed by atoms with Crippen LogP contribution in [0.1, 0.15) is 51.1 Å². The second kappa shape index (κ2) is 9.26. The molecule has 5 nitrogen and oxygen atoms in total. The van der Waals surface area contributed by atoms with E-state index in [0.717, 1.165) is 50.7 Å². The summed E-state index contributed by atoms with van der Waals surface area (Å²) in [5, 5.41) is 3.14. The Morgan fingerprint density at radius 2 is 2.00 bits per heavy atom. The molecule has 1 saturated heterocycles. The highest BCUT2D eigenvalue weighted by Gasteiger charge is 2.25. The number of rotatable bonds is 6. The molecule has 29 heavy (non-hydrogen) atoms. The number of hydrogen-bond donors (Lipinski definition) is 1. The van der Waals surface area contributed by atoms with Gasteiger partial charge in [0.25, 0.3) is 5.91 Å². The maximum absolute atomic E-state index is 12.6. The Kier molecular flexibility index (Phi) is 6.50. The predicted octanol–water partition coefficient (Wildman–Crippen LogP) is 4.11. The van der Waals surface area contributed by atoms with Crippen molar-refractivity contribution in [3.8, 4) is 5.75 Å². The molecule has 2 unspecified atom stereocenters. The zero-order chi connectivity index (χ0) is 20.2. The van der Waals surface area contributed by atoms with E-state index < -0.39 is 0 Å². The molecule has 1 N–H and O–H groups in total. The monoisotopic (exact) mass is 505 g/mol. The molecule has 3 atom stereocenters. The summed E-state index contributed by atoms with van der Waals surface area (Å²) in [4.78, 5) is 23.6. The van der Waals surface area contributed by atoms with Crippen LogP contribution >= 0.6 is 22.6 Å². The summed E-state index contributed by atoms with van der Waals surface area (Å²) in [6.45, 7) is 0.802. The van der Waals surface area contributed by atoms with Crippen molar-refractivity contribution >= 4 is 34.8 Å². The molecule has 2 aliphatic rings. The van der Waals surface area contributed by atoms with Crippen LogP contribution in [0.3, 0.4) is 0 Å². The Hall–Kier alpha value is -1.93. The number of carbonyl (C=O) groups excluding carboxylic acids is 2. The van der Waals surface area contributed by atoms with Crippen LogP contribution in [0.2, 0.25) is 0 Å². The first kappa shape index (κ1) is 20.3. The van der Waals surface area contributed by atoms with Gasteiger partial charge in [0.05, 0.1) is 0 Å². The fourth-order valence-corrected chi connectivity index (χ4v) is 4.80. The molecule has 2 aromatic rings. The topological polar surface area (TPSA) is 64.6 Å². The number of benzene rings is 2. The van der Waals surface area contributed by atoms with Gasteiger partial charge in [-0.05, 0) is 96.2 Å². The van der Waals surface area contributed by atoms with Gasteiger partial charge in [0.1, 0.15) is 18.1 Å². The maximum atomic E-state index is 12.6. The van der Waals surface area contributed by atoms with Crippen molar-refractivity contribution in [1.29, 1.82) is 0 Å². The summed E-state index contributed by atoms with van der Waals surface area (Å²) in [5.41, 5.74) is 3.75. The van der Waals surface area contributed by atoms with Crippen molar-refractivity contribution in [3.63, 3.8) is 0 Å². The van der Waals surface area contributed by atoms with Crippen LogP contribution in [0.25, 0.3) is 0 Å². The molecule has 0 saturated carbocycles. The summed E-state index contributed by atoms with van der Waals surface area (Å²) in [6.07, 6.45) is 5.65. The Morgan fingerprint density at radius 1 is 1.17 bits per heavy atom. The fourth-order valence-electron chi connectivity index (χ4n) is 3.94. The van der Waals surface area contributed by atoms with Crippen LogP contribution in [-0.2, 0) is 17.6 Å². The van der Waals surface area contributed by atoms with E-state index in [-0.39, 0.29) is 22.2 Å². The first-order valence-corrected chi connectivity index (χ1v) is 11.3. The number of ether oxygens (including phenoxy) is 2. The van der Waals surface area contributed by atoms with E-state index in [0.29, 0.717) is 11.1 Å². The SMILES string of the molecule is O=Cc1ccc2c(c1)CCC(NC(=O)c1ccc(O[C@@H](I)C3CCCO3)cc1)C2. The number of fused-ring (bicyclic) bond motifs is 1. The predicted molar refractivity (Wildman–Crippen MR) is 119 cm³/mol. The van der Waals surface area contributed by atoms with Crippen LogP contribution in [0, 0.1) is 0 Å². The van der Waals surface area contributed by atoms with Gasteiger partial charge in [0, 0.05) is 23.8 Å². The van der Waals surface area contributed by atoms with Crippen LogP contribution in [0.15, 0.2) is 42.5 Å². The van der Waals surface area contributed by atoms with Crippen molar-refractivity contribution in [2.24, 2.45) is 0 Å². The Morgan fingerprint density at radius 3 is 2.72 bits per heavy atom. The molecule has 152 valence electrons. The minimum atomic E-state index is -0.0698. The van der Waals surface area contributed by atoms with Crippen LogP contribution < -0.4 is 10.1 Å². The van der Waals surface area contributed by atoms with Gasteiger partial charge in [0.2, 0.25) is 0 Å². The maximum Gasteiger partial charge on any atom is 0.251 e. The van der Waals surface area contributed by atoms with Gasteiger partial charge >= 0.3 is 0 Å². The van der Waals surface area contributed by atoms with Crippen molar-refractivity contribution in [2.45, 2.75) is 48.4 Å². The summed E-state index contributed by atoms with van der Waals surface area (Å²) < 4.78 is 11.6. The number of amides is 1. The number of alkyl halides is 1.